The Hall–Kier alpha value is -0.0800. The third kappa shape index (κ3) is 2.20. The topological polar surface area (TPSA) is 15.3 Å². The zero-order chi connectivity index (χ0) is 9.14. The van der Waals surface area contributed by atoms with Crippen LogP contribution in [0.4, 0.5) is 0 Å². The van der Waals surface area contributed by atoms with E-state index in [-0.39, 0.29) is 0 Å². The second kappa shape index (κ2) is 4.24. The zero-order valence-corrected chi connectivity index (χ0v) is 8.80. The van der Waals surface area contributed by atoms with E-state index in [4.69, 9.17) is 0 Å². The summed E-state index contributed by atoms with van der Waals surface area (Å²) < 4.78 is 0. The van der Waals surface area contributed by atoms with Crippen LogP contribution < -0.4 is 5.32 Å². The van der Waals surface area contributed by atoms with E-state index in [1.165, 1.54) is 19.5 Å². The van der Waals surface area contributed by atoms with Crippen molar-refractivity contribution in [3.05, 3.63) is 0 Å². The SMILES string of the molecule is CC(C)C1NCCCN1C(C)C. The Morgan fingerprint density at radius 3 is 2.33 bits per heavy atom. The summed E-state index contributed by atoms with van der Waals surface area (Å²) in [4.78, 5) is 2.56. The predicted octanol–water partition coefficient (Wildman–Crippen LogP) is 1.67. The van der Waals surface area contributed by atoms with Crippen molar-refractivity contribution >= 4 is 0 Å². The second-order valence-corrected chi connectivity index (χ2v) is 4.33. The first-order chi connectivity index (χ1) is 5.63. The number of nitrogens with zero attached hydrogens (tertiary/aromatic N) is 1. The van der Waals surface area contributed by atoms with E-state index in [2.05, 4.69) is 37.9 Å². The van der Waals surface area contributed by atoms with Gasteiger partial charge in [-0.15, -0.1) is 0 Å². The predicted molar refractivity (Wildman–Crippen MR) is 53.1 cm³/mol. The summed E-state index contributed by atoms with van der Waals surface area (Å²) in [5.74, 6) is 0.715. The van der Waals surface area contributed by atoms with E-state index in [0.29, 0.717) is 18.1 Å². The Kier molecular flexibility index (Phi) is 3.53. The van der Waals surface area contributed by atoms with Crippen molar-refractivity contribution in [2.75, 3.05) is 13.1 Å². The van der Waals surface area contributed by atoms with Gasteiger partial charge in [0.25, 0.3) is 0 Å². The Balaban J connectivity index is 2.54. The molecule has 1 rings (SSSR count). The van der Waals surface area contributed by atoms with Crippen LogP contribution in [0.5, 0.6) is 0 Å². The molecule has 1 aliphatic rings. The van der Waals surface area contributed by atoms with E-state index >= 15 is 0 Å². The summed E-state index contributed by atoms with van der Waals surface area (Å²) in [6.07, 6.45) is 1.89. The van der Waals surface area contributed by atoms with Crippen LogP contribution in [0.2, 0.25) is 0 Å². The third-order valence-electron chi connectivity index (χ3n) is 2.60. The number of rotatable bonds is 2. The lowest BCUT2D eigenvalue weighted by Gasteiger charge is -2.41. The molecule has 0 radical (unpaired) electrons. The summed E-state index contributed by atoms with van der Waals surface area (Å²) >= 11 is 0. The molecule has 72 valence electrons. The smallest absolute Gasteiger partial charge is 0.0622 e. The van der Waals surface area contributed by atoms with Crippen LogP contribution >= 0.6 is 0 Å². The quantitative estimate of drug-likeness (QED) is 0.678. The zero-order valence-electron chi connectivity index (χ0n) is 8.80. The van der Waals surface area contributed by atoms with Gasteiger partial charge < -0.3 is 5.32 Å². The monoisotopic (exact) mass is 170 g/mol. The standard InChI is InChI=1S/C10H22N2/c1-8(2)10-11-6-5-7-12(10)9(3)4/h8-11H,5-7H2,1-4H3. The maximum Gasteiger partial charge on any atom is 0.0622 e. The van der Waals surface area contributed by atoms with Crippen molar-refractivity contribution in [3.63, 3.8) is 0 Å². The molecule has 1 fully saturated rings. The van der Waals surface area contributed by atoms with Gasteiger partial charge in [-0.25, -0.2) is 0 Å². The molecule has 0 spiro atoms. The molecule has 0 amide bonds. The van der Waals surface area contributed by atoms with E-state index in [9.17, 15) is 0 Å². The summed E-state index contributed by atoms with van der Waals surface area (Å²) in [5.41, 5.74) is 0. The Bertz CT molecular complexity index is 116. The summed E-state index contributed by atoms with van der Waals surface area (Å²) in [6.45, 7) is 11.6. The highest BCUT2D eigenvalue weighted by Gasteiger charge is 2.25. The van der Waals surface area contributed by atoms with Crippen LogP contribution in [0.15, 0.2) is 0 Å². The molecular formula is C10H22N2. The van der Waals surface area contributed by atoms with Crippen LogP contribution in [-0.4, -0.2) is 30.2 Å². The molecule has 2 heteroatoms. The second-order valence-electron chi connectivity index (χ2n) is 4.33. The van der Waals surface area contributed by atoms with Gasteiger partial charge in [0.05, 0.1) is 6.17 Å². The first-order valence-electron chi connectivity index (χ1n) is 5.12. The summed E-state index contributed by atoms with van der Waals surface area (Å²) in [7, 11) is 0. The first kappa shape index (κ1) is 10.0. The minimum atomic E-state index is 0.596. The van der Waals surface area contributed by atoms with Crippen LogP contribution in [0.3, 0.4) is 0 Å². The maximum absolute atomic E-state index is 3.58. The van der Waals surface area contributed by atoms with E-state index in [1.807, 2.05) is 0 Å². The molecular weight excluding hydrogens is 148 g/mol. The summed E-state index contributed by atoms with van der Waals surface area (Å²) in [6, 6.07) is 0.671. The Morgan fingerprint density at radius 1 is 1.25 bits per heavy atom. The molecule has 0 bridgehead atoms. The molecule has 0 aromatic carbocycles. The van der Waals surface area contributed by atoms with Gasteiger partial charge in [0.2, 0.25) is 0 Å². The van der Waals surface area contributed by atoms with Gasteiger partial charge in [0.1, 0.15) is 0 Å². The number of hydrogen-bond acceptors (Lipinski definition) is 2. The molecule has 1 heterocycles. The Labute approximate surface area is 76.3 Å². The largest absolute Gasteiger partial charge is 0.301 e. The number of nitrogens with one attached hydrogen (secondary N) is 1. The maximum atomic E-state index is 3.58. The number of hydrogen-bond donors (Lipinski definition) is 1. The molecule has 1 saturated heterocycles. The van der Waals surface area contributed by atoms with Gasteiger partial charge in [-0.1, -0.05) is 13.8 Å². The summed E-state index contributed by atoms with van der Waals surface area (Å²) in [5, 5.41) is 3.58. The molecule has 0 aromatic rings. The van der Waals surface area contributed by atoms with Crippen molar-refractivity contribution in [2.45, 2.75) is 46.3 Å². The third-order valence-corrected chi connectivity index (χ3v) is 2.60. The fourth-order valence-electron chi connectivity index (χ4n) is 1.97. The van der Waals surface area contributed by atoms with Crippen molar-refractivity contribution in [1.82, 2.24) is 10.2 Å². The molecule has 0 saturated carbocycles. The van der Waals surface area contributed by atoms with E-state index in [1.54, 1.807) is 0 Å². The molecule has 1 N–H and O–H groups in total. The lowest BCUT2D eigenvalue weighted by molar-refractivity contribution is 0.0651. The molecule has 0 aromatic heterocycles. The van der Waals surface area contributed by atoms with Crippen LogP contribution in [0.25, 0.3) is 0 Å². The van der Waals surface area contributed by atoms with Crippen LogP contribution in [0.1, 0.15) is 34.1 Å². The fourth-order valence-corrected chi connectivity index (χ4v) is 1.97. The highest BCUT2D eigenvalue weighted by atomic mass is 15.3. The van der Waals surface area contributed by atoms with Crippen LogP contribution in [0, 0.1) is 5.92 Å². The molecule has 1 atom stereocenters. The van der Waals surface area contributed by atoms with Crippen molar-refractivity contribution in [3.8, 4) is 0 Å². The fraction of sp³-hybridized carbons (Fsp3) is 1.00. The van der Waals surface area contributed by atoms with Gasteiger partial charge in [-0.05, 0) is 32.7 Å². The molecule has 2 nitrogen and oxygen atoms in total. The van der Waals surface area contributed by atoms with Crippen LogP contribution in [-0.2, 0) is 0 Å². The highest BCUT2D eigenvalue weighted by molar-refractivity contribution is 4.79. The van der Waals surface area contributed by atoms with Crippen molar-refractivity contribution in [1.29, 1.82) is 0 Å². The van der Waals surface area contributed by atoms with Gasteiger partial charge in [-0.3, -0.25) is 4.90 Å². The normalized spacial score (nSPS) is 27.0. The van der Waals surface area contributed by atoms with Gasteiger partial charge in [0, 0.05) is 12.6 Å². The molecule has 12 heavy (non-hydrogen) atoms. The van der Waals surface area contributed by atoms with Gasteiger partial charge >= 0.3 is 0 Å². The lowest BCUT2D eigenvalue weighted by Crippen LogP contribution is -2.56. The van der Waals surface area contributed by atoms with Crippen molar-refractivity contribution < 1.29 is 0 Å². The van der Waals surface area contributed by atoms with Gasteiger partial charge in [-0.2, -0.15) is 0 Å². The van der Waals surface area contributed by atoms with Crippen molar-refractivity contribution in [2.24, 2.45) is 5.92 Å². The van der Waals surface area contributed by atoms with Gasteiger partial charge in [0.15, 0.2) is 0 Å². The highest BCUT2D eigenvalue weighted by Crippen LogP contribution is 2.15. The average Bonchev–Trinajstić information content (AvgIpc) is 2.04. The minimum Gasteiger partial charge on any atom is -0.301 e. The average molecular weight is 170 g/mol. The molecule has 0 aliphatic carbocycles. The Morgan fingerprint density at radius 2 is 1.92 bits per heavy atom. The molecule has 1 unspecified atom stereocenters. The minimum absolute atomic E-state index is 0.596. The lowest BCUT2D eigenvalue weighted by atomic mass is 10.1. The van der Waals surface area contributed by atoms with E-state index in [0.717, 1.165) is 0 Å². The first-order valence-corrected chi connectivity index (χ1v) is 5.12. The molecule has 1 aliphatic heterocycles. The van der Waals surface area contributed by atoms with E-state index < -0.39 is 0 Å².